The Balaban J connectivity index is 1.85. The summed E-state index contributed by atoms with van der Waals surface area (Å²) in [6, 6.07) is 22.5. The van der Waals surface area contributed by atoms with E-state index in [4.69, 9.17) is 0 Å². The second kappa shape index (κ2) is 8.58. The summed E-state index contributed by atoms with van der Waals surface area (Å²) in [7, 11) is 0. The average molecular weight is 416 g/mol. The summed E-state index contributed by atoms with van der Waals surface area (Å²) in [6.45, 7) is -0.0478. The summed E-state index contributed by atoms with van der Waals surface area (Å²) in [6.07, 6.45) is 0. The summed E-state index contributed by atoms with van der Waals surface area (Å²) in [5.41, 5.74) is -0.612. The van der Waals surface area contributed by atoms with Crippen LogP contribution in [-0.2, 0) is 6.54 Å². The van der Waals surface area contributed by atoms with E-state index in [2.05, 4.69) is 10.4 Å². The Kier molecular flexibility index (Phi) is 5.53. The van der Waals surface area contributed by atoms with Gasteiger partial charge < -0.3 is 5.32 Å². The lowest BCUT2D eigenvalue weighted by molar-refractivity contribution is 0.101. The average Bonchev–Trinajstić information content (AvgIpc) is 2.79. The summed E-state index contributed by atoms with van der Waals surface area (Å²) in [5, 5.41) is 6.61. The van der Waals surface area contributed by atoms with Crippen molar-refractivity contribution in [3.63, 3.8) is 0 Å². The van der Waals surface area contributed by atoms with E-state index >= 15 is 0 Å². The molecule has 7 nitrogen and oxygen atoms in total. The lowest BCUT2D eigenvalue weighted by Crippen LogP contribution is -2.45. The van der Waals surface area contributed by atoms with Gasteiger partial charge in [-0.25, -0.2) is 9.18 Å². The second-order valence-electron chi connectivity index (χ2n) is 6.72. The molecule has 1 amide bonds. The number of halogens is 1. The number of para-hydroxylation sites is 1. The van der Waals surface area contributed by atoms with Crippen LogP contribution in [0.5, 0.6) is 0 Å². The van der Waals surface area contributed by atoms with Crippen LogP contribution >= 0.6 is 0 Å². The molecule has 1 aromatic heterocycles. The molecule has 3 aromatic carbocycles. The normalized spacial score (nSPS) is 10.6. The SMILES string of the molecule is O=C(Nc1ccccc1)c1nn(-c2ccc(F)cc2)c(=O)n(Cc2ccccc2)c1=O. The third-order valence-corrected chi connectivity index (χ3v) is 4.56. The minimum Gasteiger partial charge on any atom is -0.320 e. The highest BCUT2D eigenvalue weighted by molar-refractivity contribution is 6.02. The molecule has 0 spiro atoms. The van der Waals surface area contributed by atoms with Crippen LogP contribution in [0.15, 0.2) is 94.5 Å². The number of carbonyl (C=O) groups excluding carboxylic acids is 1. The molecule has 154 valence electrons. The first-order valence-corrected chi connectivity index (χ1v) is 9.43. The van der Waals surface area contributed by atoms with E-state index in [0.29, 0.717) is 11.3 Å². The van der Waals surface area contributed by atoms with Crippen LogP contribution < -0.4 is 16.6 Å². The van der Waals surface area contributed by atoms with Crippen LogP contribution in [0.2, 0.25) is 0 Å². The number of amides is 1. The third-order valence-electron chi connectivity index (χ3n) is 4.56. The predicted molar refractivity (Wildman–Crippen MR) is 114 cm³/mol. The standard InChI is InChI=1S/C23H17FN4O3/c24-17-11-13-19(14-12-17)28-23(31)27(15-16-7-3-1-4-8-16)22(30)20(26-28)21(29)25-18-9-5-2-6-10-18/h1-14H,15H2,(H,25,29). The summed E-state index contributed by atoms with van der Waals surface area (Å²) >= 11 is 0. The van der Waals surface area contributed by atoms with Crippen LogP contribution in [0.4, 0.5) is 10.1 Å². The minimum atomic E-state index is -0.819. The lowest BCUT2D eigenvalue weighted by atomic mass is 10.2. The number of hydrogen-bond acceptors (Lipinski definition) is 4. The molecular formula is C23H17FN4O3. The van der Waals surface area contributed by atoms with Gasteiger partial charge in [0.2, 0.25) is 5.69 Å². The number of hydrogen-bond donors (Lipinski definition) is 1. The molecular weight excluding hydrogens is 399 g/mol. The summed E-state index contributed by atoms with van der Waals surface area (Å²) < 4.78 is 15.2. The first-order valence-electron chi connectivity index (χ1n) is 9.43. The molecule has 0 atom stereocenters. The zero-order valence-electron chi connectivity index (χ0n) is 16.2. The minimum absolute atomic E-state index is 0.0478. The van der Waals surface area contributed by atoms with Crippen molar-refractivity contribution < 1.29 is 9.18 Å². The van der Waals surface area contributed by atoms with Crippen molar-refractivity contribution in [3.05, 3.63) is 123 Å². The number of anilines is 1. The molecule has 0 aliphatic heterocycles. The highest BCUT2D eigenvalue weighted by atomic mass is 19.1. The molecule has 1 heterocycles. The monoisotopic (exact) mass is 416 g/mol. The van der Waals surface area contributed by atoms with Gasteiger partial charge in [0.25, 0.3) is 11.5 Å². The molecule has 0 saturated heterocycles. The van der Waals surface area contributed by atoms with Gasteiger partial charge in [-0.15, -0.1) is 0 Å². The molecule has 4 aromatic rings. The second-order valence-corrected chi connectivity index (χ2v) is 6.72. The Morgan fingerprint density at radius 1 is 0.871 bits per heavy atom. The fraction of sp³-hybridized carbons (Fsp3) is 0.0435. The van der Waals surface area contributed by atoms with Crippen LogP contribution in [0, 0.1) is 5.82 Å². The number of rotatable bonds is 5. The third kappa shape index (κ3) is 4.32. The van der Waals surface area contributed by atoms with Crippen molar-refractivity contribution in [1.82, 2.24) is 14.3 Å². The zero-order chi connectivity index (χ0) is 21.8. The highest BCUT2D eigenvalue weighted by Crippen LogP contribution is 2.08. The van der Waals surface area contributed by atoms with Gasteiger partial charge in [0.05, 0.1) is 12.2 Å². The number of carbonyl (C=O) groups is 1. The fourth-order valence-electron chi connectivity index (χ4n) is 3.02. The number of aromatic nitrogens is 3. The summed E-state index contributed by atoms with van der Waals surface area (Å²) in [4.78, 5) is 38.9. The van der Waals surface area contributed by atoms with Crippen molar-refractivity contribution >= 4 is 11.6 Å². The Labute approximate surface area is 176 Å². The largest absolute Gasteiger partial charge is 0.352 e. The Morgan fingerprint density at radius 2 is 1.48 bits per heavy atom. The molecule has 0 aliphatic rings. The van der Waals surface area contributed by atoms with Crippen molar-refractivity contribution in [2.75, 3.05) is 5.32 Å². The maximum Gasteiger partial charge on any atom is 0.352 e. The van der Waals surface area contributed by atoms with Gasteiger partial charge in [0.1, 0.15) is 5.82 Å². The van der Waals surface area contributed by atoms with Gasteiger partial charge in [0.15, 0.2) is 0 Å². The molecule has 0 aliphatic carbocycles. The molecule has 0 fully saturated rings. The van der Waals surface area contributed by atoms with E-state index in [1.165, 1.54) is 24.3 Å². The van der Waals surface area contributed by atoms with E-state index in [9.17, 15) is 18.8 Å². The number of nitrogens with zero attached hydrogens (tertiary/aromatic N) is 3. The van der Waals surface area contributed by atoms with Gasteiger partial charge >= 0.3 is 5.69 Å². The summed E-state index contributed by atoms with van der Waals surface area (Å²) in [5.74, 6) is -1.25. The van der Waals surface area contributed by atoms with E-state index < -0.39 is 28.7 Å². The molecule has 0 radical (unpaired) electrons. The van der Waals surface area contributed by atoms with Crippen molar-refractivity contribution in [2.24, 2.45) is 0 Å². The van der Waals surface area contributed by atoms with Crippen LogP contribution in [-0.4, -0.2) is 20.3 Å². The first kappa shape index (κ1) is 20.0. The highest BCUT2D eigenvalue weighted by Gasteiger charge is 2.20. The Morgan fingerprint density at radius 3 is 2.13 bits per heavy atom. The molecule has 8 heteroatoms. The van der Waals surface area contributed by atoms with Crippen LogP contribution in [0.3, 0.4) is 0 Å². The van der Waals surface area contributed by atoms with E-state index in [1.807, 2.05) is 6.07 Å². The van der Waals surface area contributed by atoms with E-state index in [-0.39, 0.29) is 12.2 Å². The van der Waals surface area contributed by atoms with Gasteiger partial charge in [-0.05, 0) is 42.0 Å². The quantitative estimate of drug-likeness (QED) is 0.542. The fourth-order valence-corrected chi connectivity index (χ4v) is 3.02. The molecule has 0 bridgehead atoms. The zero-order valence-corrected chi connectivity index (χ0v) is 16.2. The molecule has 4 rings (SSSR count). The molecule has 0 unspecified atom stereocenters. The van der Waals surface area contributed by atoms with E-state index in [0.717, 1.165) is 9.25 Å². The van der Waals surface area contributed by atoms with Crippen molar-refractivity contribution in [1.29, 1.82) is 0 Å². The maximum atomic E-state index is 13.4. The number of nitrogens with one attached hydrogen (secondary N) is 1. The van der Waals surface area contributed by atoms with Gasteiger partial charge in [-0.3, -0.25) is 14.2 Å². The maximum absolute atomic E-state index is 13.4. The van der Waals surface area contributed by atoms with Gasteiger partial charge in [-0.1, -0.05) is 48.5 Å². The smallest absolute Gasteiger partial charge is 0.320 e. The number of benzene rings is 3. The first-order chi connectivity index (χ1) is 15.0. The van der Waals surface area contributed by atoms with E-state index in [1.54, 1.807) is 54.6 Å². The van der Waals surface area contributed by atoms with Gasteiger partial charge in [-0.2, -0.15) is 9.78 Å². The Hall–Kier alpha value is -4.33. The lowest BCUT2D eigenvalue weighted by Gasteiger charge is -2.12. The topological polar surface area (TPSA) is 86.0 Å². The Bertz CT molecular complexity index is 1330. The molecule has 0 saturated carbocycles. The van der Waals surface area contributed by atoms with Gasteiger partial charge in [0, 0.05) is 5.69 Å². The van der Waals surface area contributed by atoms with Crippen molar-refractivity contribution in [2.45, 2.75) is 6.54 Å². The van der Waals surface area contributed by atoms with Crippen LogP contribution in [0.1, 0.15) is 16.1 Å². The van der Waals surface area contributed by atoms with Crippen LogP contribution in [0.25, 0.3) is 5.69 Å². The molecule has 1 N–H and O–H groups in total. The predicted octanol–water partition coefficient (Wildman–Crippen LogP) is 2.83. The molecule has 31 heavy (non-hydrogen) atoms. The van der Waals surface area contributed by atoms with Crippen molar-refractivity contribution in [3.8, 4) is 5.69 Å².